The molecule has 22 heavy (non-hydrogen) atoms. The fourth-order valence-electron chi connectivity index (χ4n) is 2.10. The maximum atomic E-state index is 11.8. The van der Waals surface area contributed by atoms with Gasteiger partial charge in [0.25, 0.3) is 5.91 Å². The number of carbonyl (C=O) groups excluding carboxylic acids is 1. The molecule has 1 heterocycles. The van der Waals surface area contributed by atoms with Crippen LogP contribution in [-0.2, 0) is 18.4 Å². The van der Waals surface area contributed by atoms with Gasteiger partial charge in [0, 0.05) is 7.05 Å². The van der Waals surface area contributed by atoms with E-state index in [0.29, 0.717) is 18.1 Å². The molecule has 0 atom stereocenters. The summed E-state index contributed by atoms with van der Waals surface area (Å²) in [6.07, 6.45) is 1.59. The number of aryl methyl sites for hydroxylation is 1. The molecule has 0 fully saturated rings. The highest BCUT2D eigenvalue weighted by Gasteiger charge is 2.06. The molecular weight excluding hydrogens is 280 g/mol. The number of aromatic nitrogens is 3. The van der Waals surface area contributed by atoms with Gasteiger partial charge in [0.05, 0.1) is 6.54 Å². The molecule has 0 radical (unpaired) electrons. The Kier molecular flexibility index (Phi) is 4.00. The standard InChI is InChI=1S/C16H16N4O2/c1-20-11-18-19-15(20)9-17-16(21)10-22-14-7-6-12-4-2-3-5-13(12)8-14/h2-8,11H,9-10H2,1H3,(H,17,21). The number of amides is 1. The Bertz CT molecular complexity index is 797. The molecule has 0 aliphatic heterocycles. The Hall–Kier alpha value is -2.89. The van der Waals surface area contributed by atoms with Gasteiger partial charge >= 0.3 is 0 Å². The van der Waals surface area contributed by atoms with E-state index in [1.54, 1.807) is 10.9 Å². The van der Waals surface area contributed by atoms with Gasteiger partial charge in [-0.1, -0.05) is 30.3 Å². The summed E-state index contributed by atoms with van der Waals surface area (Å²) in [6.45, 7) is 0.298. The molecule has 0 spiro atoms. The van der Waals surface area contributed by atoms with E-state index in [9.17, 15) is 4.79 Å². The number of ether oxygens (including phenoxy) is 1. The van der Waals surface area contributed by atoms with E-state index >= 15 is 0 Å². The van der Waals surface area contributed by atoms with E-state index in [0.717, 1.165) is 10.8 Å². The zero-order valence-corrected chi connectivity index (χ0v) is 12.2. The number of hydrogen-bond donors (Lipinski definition) is 1. The molecule has 1 amide bonds. The minimum absolute atomic E-state index is 0.0316. The van der Waals surface area contributed by atoms with Gasteiger partial charge in [0.15, 0.2) is 12.4 Å². The van der Waals surface area contributed by atoms with E-state index in [2.05, 4.69) is 15.5 Å². The number of nitrogens with zero attached hydrogens (tertiary/aromatic N) is 3. The summed E-state index contributed by atoms with van der Waals surface area (Å²) in [7, 11) is 1.83. The fraction of sp³-hybridized carbons (Fsp3) is 0.188. The molecule has 0 aliphatic rings. The molecule has 0 saturated carbocycles. The Morgan fingerprint density at radius 3 is 2.82 bits per heavy atom. The number of fused-ring (bicyclic) bond motifs is 1. The van der Waals surface area contributed by atoms with Crippen LogP contribution in [0.15, 0.2) is 48.8 Å². The smallest absolute Gasteiger partial charge is 0.258 e. The van der Waals surface area contributed by atoms with Gasteiger partial charge in [-0.15, -0.1) is 10.2 Å². The Morgan fingerprint density at radius 2 is 2.05 bits per heavy atom. The molecule has 0 bridgehead atoms. The van der Waals surface area contributed by atoms with Gasteiger partial charge in [0.1, 0.15) is 12.1 Å². The lowest BCUT2D eigenvalue weighted by Gasteiger charge is -2.08. The molecule has 2 aromatic carbocycles. The second-order valence-electron chi connectivity index (χ2n) is 4.93. The predicted octanol–water partition coefficient (Wildman–Crippen LogP) is 1.66. The predicted molar refractivity (Wildman–Crippen MR) is 82.3 cm³/mol. The topological polar surface area (TPSA) is 69.0 Å². The van der Waals surface area contributed by atoms with Gasteiger partial charge in [-0.05, 0) is 22.9 Å². The van der Waals surface area contributed by atoms with Crippen LogP contribution < -0.4 is 10.1 Å². The molecule has 6 heteroatoms. The van der Waals surface area contributed by atoms with E-state index in [1.165, 1.54) is 0 Å². The van der Waals surface area contributed by atoms with E-state index in [1.807, 2.05) is 49.5 Å². The molecule has 6 nitrogen and oxygen atoms in total. The Morgan fingerprint density at radius 1 is 1.23 bits per heavy atom. The summed E-state index contributed by atoms with van der Waals surface area (Å²) < 4.78 is 7.28. The molecule has 3 rings (SSSR count). The van der Waals surface area contributed by atoms with Crippen LogP contribution in [0, 0.1) is 0 Å². The first-order valence-corrected chi connectivity index (χ1v) is 6.93. The zero-order valence-electron chi connectivity index (χ0n) is 12.2. The highest BCUT2D eigenvalue weighted by molar-refractivity contribution is 5.84. The van der Waals surface area contributed by atoms with E-state index in [-0.39, 0.29) is 12.5 Å². The van der Waals surface area contributed by atoms with Crippen LogP contribution >= 0.6 is 0 Å². The molecule has 3 aromatic rings. The van der Waals surface area contributed by atoms with Gasteiger partial charge in [-0.3, -0.25) is 4.79 Å². The van der Waals surface area contributed by atoms with Crippen molar-refractivity contribution in [3.63, 3.8) is 0 Å². The average Bonchev–Trinajstić information content (AvgIpc) is 2.96. The summed E-state index contributed by atoms with van der Waals surface area (Å²) >= 11 is 0. The molecule has 0 unspecified atom stereocenters. The minimum Gasteiger partial charge on any atom is -0.484 e. The summed E-state index contributed by atoms with van der Waals surface area (Å²) in [5, 5.41) is 12.6. The third kappa shape index (κ3) is 3.22. The number of hydrogen-bond acceptors (Lipinski definition) is 4. The highest BCUT2D eigenvalue weighted by Crippen LogP contribution is 2.20. The maximum absolute atomic E-state index is 11.8. The molecule has 112 valence electrons. The van der Waals surface area contributed by atoms with E-state index in [4.69, 9.17) is 4.74 Å². The minimum atomic E-state index is -0.198. The molecule has 0 saturated heterocycles. The van der Waals surface area contributed by atoms with Crippen molar-refractivity contribution in [2.75, 3.05) is 6.61 Å². The van der Waals surface area contributed by atoms with Crippen LogP contribution in [-0.4, -0.2) is 27.3 Å². The first-order valence-electron chi connectivity index (χ1n) is 6.93. The SMILES string of the molecule is Cn1cnnc1CNC(=O)COc1ccc2ccccc2c1. The molecular formula is C16H16N4O2. The first-order chi connectivity index (χ1) is 10.7. The van der Waals surface area contributed by atoms with Crippen LogP contribution in [0.25, 0.3) is 10.8 Å². The molecule has 1 N–H and O–H groups in total. The summed E-state index contributed by atoms with van der Waals surface area (Å²) in [5.74, 6) is 1.17. The van der Waals surface area contributed by atoms with Crippen molar-refractivity contribution in [2.45, 2.75) is 6.54 Å². The lowest BCUT2D eigenvalue weighted by atomic mass is 10.1. The molecule has 1 aromatic heterocycles. The van der Waals surface area contributed by atoms with E-state index < -0.39 is 0 Å². The highest BCUT2D eigenvalue weighted by atomic mass is 16.5. The fourth-order valence-corrected chi connectivity index (χ4v) is 2.10. The lowest BCUT2D eigenvalue weighted by molar-refractivity contribution is -0.123. The Labute approximate surface area is 127 Å². The summed E-state index contributed by atoms with van der Waals surface area (Å²) in [4.78, 5) is 11.8. The van der Waals surface area contributed by atoms with Crippen molar-refractivity contribution < 1.29 is 9.53 Å². The second-order valence-corrected chi connectivity index (χ2v) is 4.93. The average molecular weight is 296 g/mol. The quantitative estimate of drug-likeness (QED) is 0.777. The van der Waals surface area contributed by atoms with Crippen molar-refractivity contribution in [3.05, 3.63) is 54.6 Å². The van der Waals surface area contributed by atoms with Crippen LogP contribution in [0.1, 0.15) is 5.82 Å². The first kappa shape index (κ1) is 14.1. The van der Waals surface area contributed by atoms with Crippen LogP contribution in [0.2, 0.25) is 0 Å². The summed E-state index contributed by atoms with van der Waals surface area (Å²) in [6, 6.07) is 13.8. The largest absolute Gasteiger partial charge is 0.484 e. The van der Waals surface area contributed by atoms with Crippen molar-refractivity contribution in [3.8, 4) is 5.75 Å². The van der Waals surface area contributed by atoms with Crippen molar-refractivity contribution in [1.82, 2.24) is 20.1 Å². The molecule has 0 aliphatic carbocycles. The number of rotatable bonds is 5. The lowest BCUT2D eigenvalue weighted by Crippen LogP contribution is -2.29. The monoisotopic (exact) mass is 296 g/mol. The Balaban J connectivity index is 1.54. The van der Waals surface area contributed by atoms with Crippen LogP contribution in [0.3, 0.4) is 0 Å². The normalized spacial score (nSPS) is 10.6. The zero-order chi connectivity index (χ0) is 15.4. The number of nitrogens with one attached hydrogen (secondary N) is 1. The number of carbonyl (C=O) groups is 1. The van der Waals surface area contributed by atoms with Crippen LogP contribution in [0.4, 0.5) is 0 Å². The maximum Gasteiger partial charge on any atom is 0.258 e. The van der Waals surface area contributed by atoms with Gasteiger partial charge in [0.2, 0.25) is 0 Å². The summed E-state index contributed by atoms with van der Waals surface area (Å²) in [5.41, 5.74) is 0. The second kappa shape index (κ2) is 6.26. The van der Waals surface area contributed by atoms with Crippen molar-refractivity contribution in [2.24, 2.45) is 7.05 Å². The third-order valence-electron chi connectivity index (χ3n) is 3.34. The van der Waals surface area contributed by atoms with Crippen molar-refractivity contribution in [1.29, 1.82) is 0 Å². The van der Waals surface area contributed by atoms with Gasteiger partial charge in [-0.25, -0.2) is 0 Å². The van der Waals surface area contributed by atoms with Gasteiger partial charge < -0.3 is 14.6 Å². The third-order valence-corrected chi connectivity index (χ3v) is 3.34. The van der Waals surface area contributed by atoms with Crippen molar-refractivity contribution >= 4 is 16.7 Å². The van der Waals surface area contributed by atoms with Gasteiger partial charge in [-0.2, -0.15) is 0 Å². The number of benzene rings is 2. The van der Waals surface area contributed by atoms with Crippen LogP contribution in [0.5, 0.6) is 5.75 Å².